The van der Waals surface area contributed by atoms with Gasteiger partial charge in [0.2, 0.25) is 12.2 Å². The summed E-state index contributed by atoms with van der Waals surface area (Å²) in [7, 11) is 0. The van der Waals surface area contributed by atoms with Gasteiger partial charge in [-0.05, 0) is 0 Å². The lowest BCUT2D eigenvalue weighted by Crippen LogP contribution is -1.95. The fourth-order valence-corrected chi connectivity index (χ4v) is 0.186. The molecule has 46 valence electrons. The maximum Gasteiger partial charge on any atom is 0.278 e. The van der Waals surface area contributed by atoms with E-state index in [-0.39, 0.29) is 0 Å². The predicted octanol–water partition coefficient (Wildman–Crippen LogP) is -0.815. The highest BCUT2D eigenvalue weighted by Crippen LogP contribution is 1.71. The van der Waals surface area contributed by atoms with Gasteiger partial charge >= 0.3 is 0 Å². The first-order chi connectivity index (χ1) is 4.31. The van der Waals surface area contributed by atoms with Gasteiger partial charge in [0.25, 0.3) is 5.91 Å². The second-order valence-electron chi connectivity index (χ2n) is 1.00. The van der Waals surface area contributed by atoms with Gasteiger partial charge in [-0.3, -0.25) is 4.79 Å². The first-order valence-corrected chi connectivity index (χ1v) is 1.95. The SMILES string of the molecule is O=C=NCC(=O)N=C=O. The summed E-state index contributed by atoms with van der Waals surface area (Å²) in [4.78, 5) is 34.3. The number of amides is 1. The van der Waals surface area contributed by atoms with E-state index in [0.29, 0.717) is 0 Å². The molecule has 9 heavy (non-hydrogen) atoms. The number of isocyanates is 2. The fraction of sp³-hybridized carbons (Fsp3) is 0.250. The van der Waals surface area contributed by atoms with Gasteiger partial charge in [0, 0.05) is 0 Å². The van der Waals surface area contributed by atoms with Crippen molar-refractivity contribution in [3.05, 3.63) is 0 Å². The smallest absolute Gasteiger partial charge is 0.270 e. The standard InChI is InChI=1S/C4H2N2O3/c7-2-5-1-4(9)6-3-8/h1H2. The van der Waals surface area contributed by atoms with Gasteiger partial charge in [-0.25, -0.2) is 9.59 Å². The summed E-state index contributed by atoms with van der Waals surface area (Å²) in [6, 6.07) is 0. The molecule has 0 N–H and O–H groups in total. The van der Waals surface area contributed by atoms with E-state index < -0.39 is 12.5 Å². The van der Waals surface area contributed by atoms with Crippen molar-refractivity contribution in [2.45, 2.75) is 0 Å². The van der Waals surface area contributed by atoms with Crippen LogP contribution in [0.4, 0.5) is 0 Å². The highest BCUT2D eigenvalue weighted by Gasteiger charge is 1.92. The van der Waals surface area contributed by atoms with Gasteiger partial charge in [-0.15, -0.1) is 4.99 Å². The van der Waals surface area contributed by atoms with E-state index in [4.69, 9.17) is 0 Å². The van der Waals surface area contributed by atoms with E-state index in [2.05, 4.69) is 9.98 Å². The van der Waals surface area contributed by atoms with Crippen LogP contribution in [0.15, 0.2) is 9.98 Å². The van der Waals surface area contributed by atoms with Gasteiger partial charge in [-0.1, -0.05) is 0 Å². The van der Waals surface area contributed by atoms with Crippen LogP contribution in [0.3, 0.4) is 0 Å². The highest BCUT2D eigenvalue weighted by atomic mass is 16.2. The molecule has 0 rings (SSSR count). The second kappa shape index (κ2) is 4.59. The molecule has 0 fully saturated rings. The molecule has 0 saturated carbocycles. The summed E-state index contributed by atoms with van der Waals surface area (Å²) in [6.45, 7) is -0.432. The third-order valence-electron chi connectivity index (χ3n) is 0.449. The van der Waals surface area contributed by atoms with Crippen LogP contribution in [0.5, 0.6) is 0 Å². The van der Waals surface area contributed by atoms with E-state index in [1.807, 2.05) is 0 Å². The Hall–Kier alpha value is -1.57. The average Bonchev–Trinajstić information content (AvgIpc) is 1.85. The Morgan fingerprint density at radius 3 is 2.44 bits per heavy atom. The molecule has 5 heteroatoms. The second-order valence-corrected chi connectivity index (χ2v) is 1.00. The van der Waals surface area contributed by atoms with Crippen molar-refractivity contribution in [3.8, 4) is 0 Å². The number of nitrogens with zero attached hydrogens (tertiary/aromatic N) is 2. The third kappa shape index (κ3) is 4.28. The van der Waals surface area contributed by atoms with E-state index in [1.54, 1.807) is 0 Å². The number of hydrogen-bond donors (Lipinski definition) is 0. The molecule has 0 aromatic carbocycles. The maximum absolute atomic E-state index is 10.1. The van der Waals surface area contributed by atoms with Crippen molar-refractivity contribution >= 4 is 18.1 Å². The van der Waals surface area contributed by atoms with Crippen LogP contribution in [-0.2, 0) is 14.4 Å². The Morgan fingerprint density at radius 2 is 2.00 bits per heavy atom. The highest BCUT2D eigenvalue weighted by molar-refractivity contribution is 5.83. The summed E-state index contributed by atoms with van der Waals surface area (Å²) < 4.78 is 0. The molecule has 1 amide bonds. The summed E-state index contributed by atoms with van der Waals surface area (Å²) in [5.74, 6) is -0.798. The molecular formula is C4H2N2O3. The van der Waals surface area contributed by atoms with Crippen molar-refractivity contribution < 1.29 is 14.4 Å². The molecule has 0 aromatic rings. The van der Waals surface area contributed by atoms with Gasteiger partial charge in [0.1, 0.15) is 6.54 Å². The molecule has 0 bridgehead atoms. The lowest BCUT2D eigenvalue weighted by Gasteiger charge is -1.75. The Labute approximate surface area is 50.1 Å². The minimum atomic E-state index is -0.798. The van der Waals surface area contributed by atoms with E-state index in [9.17, 15) is 14.4 Å². The monoisotopic (exact) mass is 126 g/mol. The lowest BCUT2D eigenvalue weighted by atomic mass is 10.6. The van der Waals surface area contributed by atoms with Crippen molar-refractivity contribution in [2.75, 3.05) is 6.54 Å². The predicted molar refractivity (Wildman–Crippen MR) is 26.1 cm³/mol. The molecule has 0 aliphatic rings. The molecule has 0 heterocycles. The molecule has 0 aliphatic heterocycles. The van der Waals surface area contributed by atoms with Crippen LogP contribution in [0.1, 0.15) is 0 Å². The fourth-order valence-electron chi connectivity index (χ4n) is 0.186. The van der Waals surface area contributed by atoms with Crippen molar-refractivity contribution in [1.82, 2.24) is 0 Å². The van der Waals surface area contributed by atoms with E-state index in [1.165, 1.54) is 0 Å². The average molecular weight is 126 g/mol. The molecule has 0 spiro atoms. The number of carbonyl (C=O) groups is 1. The molecule has 5 nitrogen and oxygen atoms in total. The van der Waals surface area contributed by atoms with E-state index >= 15 is 0 Å². The summed E-state index contributed by atoms with van der Waals surface area (Å²) in [6.07, 6.45) is 2.13. The molecule has 0 radical (unpaired) electrons. The Balaban J connectivity index is 3.77. The molecule has 0 atom stereocenters. The van der Waals surface area contributed by atoms with Crippen LogP contribution >= 0.6 is 0 Å². The summed E-state index contributed by atoms with van der Waals surface area (Å²) in [5.41, 5.74) is 0. The maximum atomic E-state index is 10.1. The van der Waals surface area contributed by atoms with Crippen molar-refractivity contribution in [3.63, 3.8) is 0 Å². The van der Waals surface area contributed by atoms with Gasteiger partial charge in [-0.2, -0.15) is 4.99 Å². The Kier molecular flexibility index (Phi) is 3.79. The number of hydrogen-bond acceptors (Lipinski definition) is 4. The first-order valence-electron chi connectivity index (χ1n) is 1.95. The summed E-state index contributed by atoms with van der Waals surface area (Å²) in [5, 5.41) is 0. The number of aliphatic imine (C=N–C) groups is 2. The topological polar surface area (TPSA) is 75.9 Å². The van der Waals surface area contributed by atoms with Crippen LogP contribution in [-0.4, -0.2) is 24.6 Å². The van der Waals surface area contributed by atoms with Crippen LogP contribution in [0.25, 0.3) is 0 Å². The Morgan fingerprint density at radius 1 is 1.33 bits per heavy atom. The zero-order valence-corrected chi connectivity index (χ0v) is 4.33. The molecule has 0 saturated heterocycles. The zero-order valence-electron chi connectivity index (χ0n) is 4.33. The van der Waals surface area contributed by atoms with Crippen molar-refractivity contribution in [2.24, 2.45) is 9.98 Å². The largest absolute Gasteiger partial charge is 0.278 e. The quantitative estimate of drug-likeness (QED) is 0.358. The van der Waals surface area contributed by atoms with Crippen molar-refractivity contribution in [1.29, 1.82) is 0 Å². The molecule has 0 aliphatic carbocycles. The first kappa shape index (κ1) is 7.43. The number of carbonyl (C=O) groups excluding carboxylic acids is 3. The van der Waals surface area contributed by atoms with Gasteiger partial charge in [0.15, 0.2) is 0 Å². The van der Waals surface area contributed by atoms with Crippen LogP contribution < -0.4 is 0 Å². The third-order valence-corrected chi connectivity index (χ3v) is 0.449. The summed E-state index contributed by atoms with van der Waals surface area (Å²) >= 11 is 0. The van der Waals surface area contributed by atoms with E-state index in [0.717, 1.165) is 12.2 Å². The number of rotatable bonds is 2. The van der Waals surface area contributed by atoms with Gasteiger partial charge in [0.05, 0.1) is 0 Å². The normalized spacial score (nSPS) is 6.67. The zero-order chi connectivity index (χ0) is 7.11. The van der Waals surface area contributed by atoms with Gasteiger partial charge < -0.3 is 0 Å². The molecule has 0 aromatic heterocycles. The van der Waals surface area contributed by atoms with Crippen LogP contribution in [0, 0.1) is 0 Å². The Bertz CT molecular complexity index is 198. The minimum Gasteiger partial charge on any atom is -0.270 e. The minimum absolute atomic E-state index is 0.432. The lowest BCUT2D eigenvalue weighted by molar-refractivity contribution is -0.116. The molecule has 0 unspecified atom stereocenters. The van der Waals surface area contributed by atoms with Crippen LogP contribution in [0.2, 0.25) is 0 Å². The molecular weight excluding hydrogens is 124 g/mol.